The fourth-order valence-electron chi connectivity index (χ4n) is 3.04. The van der Waals surface area contributed by atoms with Crippen molar-refractivity contribution in [2.75, 3.05) is 39.3 Å². The molecule has 1 aliphatic heterocycles. The second kappa shape index (κ2) is 9.20. The van der Waals surface area contributed by atoms with Gasteiger partial charge in [-0.2, -0.15) is 0 Å². The van der Waals surface area contributed by atoms with E-state index in [0.717, 1.165) is 44.0 Å². The average molecular weight is 398 g/mol. The molecule has 5 nitrogen and oxygen atoms in total. The molecule has 0 bridgehead atoms. The van der Waals surface area contributed by atoms with Crippen LogP contribution in [0.5, 0.6) is 0 Å². The fourth-order valence-corrected chi connectivity index (χ4v) is 3.34. The summed E-state index contributed by atoms with van der Waals surface area (Å²) in [7, 11) is 0. The minimum Gasteiger partial charge on any atom is -0.372 e. The molecule has 7 heteroatoms. The molecule has 1 aromatic carbocycles. The molecule has 142 valence electrons. The molecule has 26 heavy (non-hydrogen) atoms. The van der Waals surface area contributed by atoms with Crippen molar-refractivity contribution in [1.82, 2.24) is 15.0 Å². The number of aromatic nitrogens is 1. The molecule has 0 saturated carbocycles. The van der Waals surface area contributed by atoms with E-state index in [1.807, 2.05) is 12.1 Å². The van der Waals surface area contributed by atoms with Crippen LogP contribution in [-0.2, 0) is 11.3 Å². The van der Waals surface area contributed by atoms with Crippen molar-refractivity contribution in [2.24, 2.45) is 0 Å². The molecule has 2 aromatic rings. The highest BCUT2D eigenvalue weighted by atomic mass is 35.5. The van der Waals surface area contributed by atoms with E-state index in [0.29, 0.717) is 35.1 Å². The van der Waals surface area contributed by atoms with Crippen LogP contribution < -0.4 is 0 Å². The van der Waals surface area contributed by atoms with Gasteiger partial charge in [0.15, 0.2) is 5.76 Å². The lowest BCUT2D eigenvalue weighted by molar-refractivity contribution is 0.0533. The lowest BCUT2D eigenvalue weighted by Gasteiger charge is -2.36. The van der Waals surface area contributed by atoms with Crippen LogP contribution in [0.2, 0.25) is 10.0 Å². The Balaban J connectivity index is 1.41. The zero-order valence-electron chi connectivity index (χ0n) is 15.3. The summed E-state index contributed by atoms with van der Waals surface area (Å²) >= 11 is 12.0. The van der Waals surface area contributed by atoms with E-state index >= 15 is 0 Å². The summed E-state index contributed by atoms with van der Waals surface area (Å²) in [5, 5.41) is 5.10. The van der Waals surface area contributed by atoms with Crippen LogP contribution in [0.1, 0.15) is 19.6 Å². The van der Waals surface area contributed by atoms with Crippen molar-refractivity contribution in [3.63, 3.8) is 0 Å². The van der Waals surface area contributed by atoms with Crippen molar-refractivity contribution in [3.8, 4) is 11.3 Å². The molecule has 1 aromatic heterocycles. The molecule has 0 atom stereocenters. The second-order valence-corrected chi connectivity index (χ2v) is 7.65. The molecule has 0 amide bonds. The first kappa shape index (κ1) is 19.6. The molecule has 0 unspecified atom stereocenters. The molecule has 1 saturated heterocycles. The Hall–Kier alpha value is -1.11. The Kier molecular flexibility index (Phi) is 6.95. The molecule has 1 aliphatic rings. The third kappa shape index (κ3) is 5.21. The van der Waals surface area contributed by atoms with E-state index in [-0.39, 0.29) is 0 Å². The van der Waals surface area contributed by atoms with Gasteiger partial charge in [0.25, 0.3) is 0 Å². The van der Waals surface area contributed by atoms with Gasteiger partial charge in [-0.25, -0.2) is 0 Å². The first-order valence-electron chi connectivity index (χ1n) is 8.98. The molecule has 2 heterocycles. The predicted molar refractivity (Wildman–Crippen MR) is 105 cm³/mol. The monoisotopic (exact) mass is 397 g/mol. The van der Waals surface area contributed by atoms with Crippen LogP contribution in [0.4, 0.5) is 0 Å². The third-order valence-corrected chi connectivity index (χ3v) is 5.45. The Labute approximate surface area is 164 Å². The molecular weight excluding hydrogens is 373 g/mol. The van der Waals surface area contributed by atoms with Gasteiger partial charge in [0, 0.05) is 50.4 Å². The SMILES string of the molecule is CC(C)N1CCN(CCOCc2cc(-c3ccc(Cl)c(Cl)c3)no2)CC1. The van der Waals surface area contributed by atoms with Crippen LogP contribution >= 0.6 is 23.2 Å². The minimum absolute atomic E-state index is 0.417. The number of rotatable bonds is 7. The molecule has 0 radical (unpaired) electrons. The van der Waals surface area contributed by atoms with Crippen molar-refractivity contribution in [1.29, 1.82) is 0 Å². The van der Waals surface area contributed by atoms with Crippen molar-refractivity contribution in [3.05, 3.63) is 40.1 Å². The molecule has 0 N–H and O–H groups in total. The first-order valence-corrected chi connectivity index (χ1v) is 9.73. The maximum atomic E-state index is 6.05. The van der Waals surface area contributed by atoms with E-state index in [2.05, 4.69) is 28.8 Å². The second-order valence-electron chi connectivity index (χ2n) is 6.83. The van der Waals surface area contributed by atoms with Gasteiger partial charge >= 0.3 is 0 Å². The standard InChI is InChI=1S/C19H25Cl2N3O2/c1-14(2)24-7-5-23(6-8-24)9-10-25-13-16-12-19(22-26-16)15-3-4-17(20)18(21)11-15/h3-4,11-12,14H,5-10,13H2,1-2H3. The number of halogens is 2. The van der Waals surface area contributed by atoms with E-state index < -0.39 is 0 Å². The minimum atomic E-state index is 0.417. The number of benzene rings is 1. The zero-order valence-corrected chi connectivity index (χ0v) is 16.8. The lowest BCUT2D eigenvalue weighted by Crippen LogP contribution is -2.49. The van der Waals surface area contributed by atoms with E-state index in [4.69, 9.17) is 32.5 Å². The quantitative estimate of drug-likeness (QED) is 0.655. The van der Waals surface area contributed by atoms with E-state index in [1.54, 1.807) is 12.1 Å². The third-order valence-electron chi connectivity index (χ3n) is 4.71. The highest BCUT2D eigenvalue weighted by Gasteiger charge is 2.18. The number of hydrogen-bond donors (Lipinski definition) is 0. The van der Waals surface area contributed by atoms with Gasteiger partial charge in [-0.15, -0.1) is 0 Å². The van der Waals surface area contributed by atoms with E-state index in [9.17, 15) is 0 Å². The van der Waals surface area contributed by atoms with Gasteiger partial charge < -0.3 is 9.26 Å². The Morgan fingerprint density at radius 3 is 2.58 bits per heavy atom. The van der Waals surface area contributed by atoms with Crippen LogP contribution in [0.15, 0.2) is 28.8 Å². The van der Waals surface area contributed by atoms with Crippen molar-refractivity contribution >= 4 is 23.2 Å². The summed E-state index contributed by atoms with van der Waals surface area (Å²) in [5.74, 6) is 0.704. The highest BCUT2D eigenvalue weighted by molar-refractivity contribution is 6.42. The fraction of sp³-hybridized carbons (Fsp3) is 0.526. The van der Waals surface area contributed by atoms with Gasteiger partial charge in [0.1, 0.15) is 12.3 Å². The summed E-state index contributed by atoms with van der Waals surface area (Å²) in [4.78, 5) is 4.96. The maximum absolute atomic E-state index is 6.05. The first-order chi connectivity index (χ1) is 12.5. The molecule has 0 spiro atoms. The average Bonchev–Trinajstić information content (AvgIpc) is 3.10. The van der Waals surface area contributed by atoms with Gasteiger partial charge in [-0.3, -0.25) is 9.80 Å². The van der Waals surface area contributed by atoms with Gasteiger partial charge in [-0.1, -0.05) is 34.4 Å². The number of hydrogen-bond acceptors (Lipinski definition) is 5. The topological polar surface area (TPSA) is 41.7 Å². The molecule has 3 rings (SSSR count). The molecular formula is C19H25Cl2N3O2. The van der Waals surface area contributed by atoms with Gasteiger partial charge in [-0.05, 0) is 26.0 Å². The summed E-state index contributed by atoms with van der Waals surface area (Å²) in [6.45, 7) is 11.0. The van der Waals surface area contributed by atoms with Crippen molar-refractivity contribution in [2.45, 2.75) is 26.5 Å². The number of piperazine rings is 1. The van der Waals surface area contributed by atoms with Crippen molar-refractivity contribution < 1.29 is 9.26 Å². The maximum Gasteiger partial charge on any atom is 0.163 e. The van der Waals surface area contributed by atoms with Gasteiger partial charge in [0.2, 0.25) is 0 Å². The highest BCUT2D eigenvalue weighted by Crippen LogP contribution is 2.28. The summed E-state index contributed by atoms with van der Waals surface area (Å²) in [5.41, 5.74) is 1.60. The Morgan fingerprint density at radius 1 is 1.12 bits per heavy atom. The summed E-state index contributed by atoms with van der Waals surface area (Å²) in [6, 6.07) is 7.91. The molecule has 1 fully saturated rings. The summed E-state index contributed by atoms with van der Waals surface area (Å²) in [6.07, 6.45) is 0. The lowest BCUT2D eigenvalue weighted by atomic mass is 10.1. The van der Waals surface area contributed by atoms with Crippen LogP contribution in [0.25, 0.3) is 11.3 Å². The zero-order chi connectivity index (χ0) is 18.5. The normalized spacial score (nSPS) is 16.5. The van der Waals surface area contributed by atoms with Crippen LogP contribution in [0.3, 0.4) is 0 Å². The van der Waals surface area contributed by atoms with Crippen LogP contribution in [-0.4, -0.2) is 60.3 Å². The van der Waals surface area contributed by atoms with Gasteiger partial charge in [0.05, 0.1) is 16.7 Å². The number of ether oxygens (including phenoxy) is 1. The largest absolute Gasteiger partial charge is 0.372 e. The summed E-state index contributed by atoms with van der Waals surface area (Å²) < 4.78 is 11.1. The molecule has 0 aliphatic carbocycles. The Bertz CT molecular complexity index is 713. The predicted octanol–water partition coefficient (Wildman–Crippen LogP) is 4.19. The Morgan fingerprint density at radius 2 is 1.88 bits per heavy atom. The number of nitrogens with zero attached hydrogens (tertiary/aromatic N) is 3. The van der Waals surface area contributed by atoms with E-state index in [1.165, 1.54) is 0 Å². The van der Waals surface area contributed by atoms with Crippen LogP contribution in [0, 0.1) is 0 Å². The smallest absolute Gasteiger partial charge is 0.163 e.